The minimum absolute atomic E-state index is 0.373. The number of hydrogen-bond acceptors (Lipinski definition) is 4. The van der Waals surface area contributed by atoms with Crippen molar-refractivity contribution in [2.75, 3.05) is 6.26 Å². The number of nitrogens with two attached hydrogens (primary N) is 1. The Balaban J connectivity index is 2.41. The van der Waals surface area contributed by atoms with E-state index < -0.39 is 0 Å². The maximum absolute atomic E-state index is 5.58. The van der Waals surface area contributed by atoms with Crippen LogP contribution in [-0.4, -0.2) is 16.2 Å². The van der Waals surface area contributed by atoms with E-state index in [0.29, 0.717) is 12.4 Å². The molecule has 0 aliphatic rings. The lowest BCUT2D eigenvalue weighted by Crippen LogP contribution is -2.04. The van der Waals surface area contributed by atoms with Crippen molar-refractivity contribution in [1.82, 2.24) is 9.97 Å². The van der Waals surface area contributed by atoms with Gasteiger partial charge in [-0.1, -0.05) is 12.1 Å². The molecule has 2 aromatic rings. The van der Waals surface area contributed by atoms with Crippen molar-refractivity contribution < 1.29 is 0 Å². The fourth-order valence-corrected chi connectivity index (χ4v) is 2.04. The molecule has 0 atom stereocenters. The lowest BCUT2D eigenvalue weighted by Gasteiger charge is -2.05. The van der Waals surface area contributed by atoms with Gasteiger partial charge in [0.05, 0.1) is 12.2 Å². The summed E-state index contributed by atoms with van der Waals surface area (Å²) in [4.78, 5) is 9.95. The van der Waals surface area contributed by atoms with Gasteiger partial charge in [0.2, 0.25) is 0 Å². The largest absolute Gasteiger partial charge is 0.324 e. The molecule has 2 rings (SSSR count). The lowest BCUT2D eigenvalue weighted by molar-refractivity contribution is 0.894. The summed E-state index contributed by atoms with van der Waals surface area (Å²) in [7, 11) is 0. The van der Waals surface area contributed by atoms with E-state index in [1.54, 1.807) is 11.8 Å². The van der Waals surface area contributed by atoms with Crippen LogP contribution in [0.15, 0.2) is 35.2 Å². The molecular weight excluding hydrogens is 230 g/mol. The number of thioether (sulfide) groups is 1. The summed E-state index contributed by atoms with van der Waals surface area (Å²) in [5.74, 6) is 0.689. The molecule has 0 bridgehead atoms. The monoisotopic (exact) mass is 245 g/mol. The molecule has 1 aromatic carbocycles. The van der Waals surface area contributed by atoms with Gasteiger partial charge in [-0.05, 0) is 31.4 Å². The van der Waals surface area contributed by atoms with E-state index in [-0.39, 0.29) is 0 Å². The van der Waals surface area contributed by atoms with E-state index in [9.17, 15) is 0 Å². The second-order valence-corrected chi connectivity index (χ2v) is 4.62. The standard InChI is InChI=1S/C13H15N3S/c1-9-7-12(16-13(8-14)15-9)10-3-5-11(17-2)6-4-10/h3-7H,8,14H2,1-2H3. The first-order valence-corrected chi connectivity index (χ1v) is 6.64. The molecule has 2 N–H and O–H groups in total. The van der Waals surface area contributed by atoms with Gasteiger partial charge in [-0.15, -0.1) is 11.8 Å². The highest BCUT2D eigenvalue weighted by Crippen LogP contribution is 2.22. The molecule has 0 aliphatic carbocycles. The van der Waals surface area contributed by atoms with Crippen LogP contribution in [0, 0.1) is 6.92 Å². The fourth-order valence-electron chi connectivity index (χ4n) is 1.63. The average molecular weight is 245 g/mol. The lowest BCUT2D eigenvalue weighted by atomic mass is 10.1. The normalized spacial score (nSPS) is 10.5. The number of hydrogen-bond donors (Lipinski definition) is 1. The van der Waals surface area contributed by atoms with Gasteiger partial charge >= 0.3 is 0 Å². The Hall–Kier alpha value is -1.39. The fraction of sp³-hybridized carbons (Fsp3) is 0.231. The number of rotatable bonds is 3. The smallest absolute Gasteiger partial charge is 0.142 e. The molecule has 0 spiro atoms. The molecular formula is C13H15N3S. The van der Waals surface area contributed by atoms with Crippen LogP contribution in [0.5, 0.6) is 0 Å². The zero-order valence-corrected chi connectivity index (χ0v) is 10.8. The minimum Gasteiger partial charge on any atom is -0.324 e. The van der Waals surface area contributed by atoms with Crippen molar-refractivity contribution in [3.8, 4) is 11.3 Å². The van der Waals surface area contributed by atoms with Crippen molar-refractivity contribution in [3.63, 3.8) is 0 Å². The van der Waals surface area contributed by atoms with Gasteiger partial charge in [0.15, 0.2) is 0 Å². The molecule has 4 heteroatoms. The van der Waals surface area contributed by atoms with Crippen LogP contribution < -0.4 is 5.73 Å². The molecule has 3 nitrogen and oxygen atoms in total. The van der Waals surface area contributed by atoms with Gasteiger partial charge in [0.25, 0.3) is 0 Å². The predicted octanol–water partition coefficient (Wildman–Crippen LogP) is 2.63. The van der Waals surface area contributed by atoms with Crippen LogP contribution in [0.2, 0.25) is 0 Å². The van der Waals surface area contributed by atoms with Gasteiger partial charge in [-0.2, -0.15) is 0 Å². The zero-order valence-electron chi connectivity index (χ0n) is 9.97. The van der Waals surface area contributed by atoms with Crippen LogP contribution >= 0.6 is 11.8 Å². The van der Waals surface area contributed by atoms with Crippen molar-refractivity contribution >= 4 is 11.8 Å². The highest BCUT2D eigenvalue weighted by atomic mass is 32.2. The van der Waals surface area contributed by atoms with Crippen molar-refractivity contribution in [3.05, 3.63) is 41.9 Å². The molecule has 1 aromatic heterocycles. The summed E-state index contributed by atoms with van der Waals surface area (Å²) in [5, 5.41) is 0. The average Bonchev–Trinajstić information content (AvgIpc) is 2.38. The summed E-state index contributed by atoms with van der Waals surface area (Å²) in [5.41, 5.74) is 8.57. The zero-order chi connectivity index (χ0) is 12.3. The van der Waals surface area contributed by atoms with E-state index in [1.165, 1.54) is 4.90 Å². The Morgan fingerprint density at radius 1 is 1.18 bits per heavy atom. The van der Waals surface area contributed by atoms with Crippen LogP contribution in [0.3, 0.4) is 0 Å². The maximum atomic E-state index is 5.58. The summed E-state index contributed by atoms with van der Waals surface area (Å²) in [6.45, 7) is 2.33. The van der Waals surface area contributed by atoms with Crippen LogP contribution in [0.25, 0.3) is 11.3 Å². The van der Waals surface area contributed by atoms with Crippen LogP contribution in [-0.2, 0) is 6.54 Å². The molecule has 17 heavy (non-hydrogen) atoms. The number of benzene rings is 1. The van der Waals surface area contributed by atoms with E-state index in [4.69, 9.17) is 5.73 Å². The quantitative estimate of drug-likeness (QED) is 0.845. The number of nitrogens with zero attached hydrogens (tertiary/aromatic N) is 2. The summed E-state index contributed by atoms with van der Waals surface area (Å²) in [6.07, 6.45) is 2.07. The van der Waals surface area contributed by atoms with E-state index in [0.717, 1.165) is 17.0 Å². The Morgan fingerprint density at radius 3 is 2.47 bits per heavy atom. The van der Waals surface area contributed by atoms with Crippen molar-refractivity contribution in [2.24, 2.45) is 5.73 Å². The topological polar surface area (TPSA) is 51.8 Å². The van der Waals surface area contributed by atoms with Gasteiger partial charge in [0.1, 0.15) is 5.82 Å². The van der Waals surface area contributed by atoms with E-state index in [1.807, 2.05) is 13.0 Å². The highest BCUT2D eigenvalue weighted by Gasteiger charge is 2.03. The Labute approximate surface area is 105 Å². The van der Waals surface area contributed by atoms with Crippen LogP contribution in [0.4, 0.5) is 0 Å². The SMILES string of the molecule is CSc1ccc(-c2cc(C)nc(CN)n2)cc1. The van der Waals surface area contributed by atoms with Gasteiger partial charge in [0, 0.05) is 16.2 Å². The number of aromatic nitrogens is 2. The molecule has 0 radical (unpaired) electrons. The van der Waals surface area contributed by atoms with Crippen LogP contribution in [0.1, 0.15) is 11.5 Å². The second-order valence-electron chi connectivity index (χ2n) is 3.74. The summed E-state index contributed by atoms with van der Waals surface area (Å²) in [6, 6.07) is 10.3. The molecule has 0 amide bonds. The van der Waals surface area contributed by atoms with E-state index >= 15 is 0 Å². The van der Waals surface area contributed by atoms with E-state index in [2.05, 4.69) is 40.5 Å². The summed E-state index contributed by atoms with van der Waals surface area (Å²) >= 11 is 1.73. The molecule has 0 saturated heterocycles. The third-order valence-electron chi connectivity index (χ3n) is 2.47. The first-order chi connectivity index (χ1) is 8.22. The minimum atomic E-state index is 0.373. The molecule has 88 valence electrons. The Morgan fingerprint density at radius 2 is 1.88 bits per heavy atom. The molecule has 0 fully saturated rings. The molecule has 0 saturated carbocycles. The Kier molecular flexibility index (Phi) is 3.76. The molecule has 1 heterocycles. The van der Waals surface area contributed by atoms with Gasteiger partial charge in [-0.3, -0.25) is 0 Å². The molecule has 0 unspecified atom stereocenters. The number of aryl methyl sites for hydroxylation is 1. The third-order valence-corrected chi connectivity index (χ3v) is 3.21. The Bertz CT molecular complexity index is 509. The second kappa shape index (κ2) is 5.29. The van der Waals surface area contributed by atoms with Gasteiger partial charge < -0.3 is 5.73 Å². The summed E-state index contributed by atoms with van der Waals surface area (Å²) < 4.78 is 0. The predicted molar refractivity (Wildman–Crippen MR) is 71.9 cm³/mol. The third kappa shape index (κ3) is 2.84. The first kappa shape index (κ1) is 12.1. The highest BCUT2D eigenvalue weighted by molar-refractivity contribution is 7.98. The van der Waals surface area contributed by atoms with Crippen molar-refractivity contribution in [1.29, 1.82) is 0 Å². The molecule has 0 aliphatic heterocycles. The maximum Gasteiger partial charge on any atom is 0.142 e. The van der Waals surface area contributed by atoms with Gasteiger partial charge in [-0.25, -0.2) is 9.97 Å². The first-order valence-electron chi connectivity index (χ1n) is 5.42. The van der Waals surface area contributed by atoms with Crippen molar-refractivity contribution in [2.45, 2.75) is 18.4 Å².